The highest BCUT2D eigenvalue weighted by molar-refractivity contribution is 5.94. The fraction of sp³-hybridized carbons (Fsp3) is 0.333. The van der Waals surface area contributed by atoms with E-state index in [2.05, 4.69) is 23.3 Å². The van der Waals surface area contributed by atoms with Crippen LogP contribution in [0.3, 0.4) is 0 Å². The second-order valence-corrected chi connectivity index (χ2v) is 6.12. The molecular formula is C18H21N3O2. The lowest BCUT2D eigenvalue weighted by molar-refractivity contribution is -0.122. The first-order chi connectivity index (χ1) is 10.9. The number of pyridine rings is 1. The Morgan fingerprint density at radius 1 is 1.26 bits per heavy atom. The molecule has 0 bridgehead atoms. The highest BCUT2D eigenvalue weighted by atomic mass is 16.5. The zero-order chi connectivity index (χ0) is 16.6. The van der Waals surface area contributed by atoms with Crippen LogP contribution in [0.25, 0.3) is 0 Å². The Hall–Kier alpha value is -2.56. The van der Waals surface area contributed by atoms with E-state index in [-0.39, 0.29) is 5.91 Å². The van der Waals surface area contributed by atoms with Crippen molar-refractivity contribution in [1.82, 2.24) is 4.98 Å². The predicted octanol–water partition coefficient (Wildman–Crippen LogP) is 2.71. The van der Waals surface area contributed by atoms with Crippen LogP contribution in [0, 0.1) is 13.8 Å². The average molecular weight is 311 g/mol. The maximum atomic E-state index is 12.4. The van der Waals surface area contributed by atoms with Crippen LogP contribution in [0.15, 0.2) is 30.3 Å². The Bertz CT molecular complexity index is 725. The first kappa shape index (κ1) is 15.3. The number of amides is 1. The van der Waals surface area contributed by atoms with Crippen molar-refractivity contribution in [1.29, 1.82) is 0 Å². The molecule has 0 radical (unpaired) electrons. The third kappa shape index (κ3) is 3.13. The zero-order valence-corrected chi connectivity index (χ0v) is 13.9. The van der Waals surface area contributed by atoms with Crippen molar-refractivity contribution < 1.29 is 9.53 Å². The summed E-state index contributed by atoms with van der Waals surface area (Å²) in [5, 5.41) is 2.84. The van der Waals surface area contributed by atoms with Crippen molar-refractivity contribution in [2.24, 2.45) is 0 Å². The molecule has 1 aliphatic rings. The van der Waals surface area contributed by atoms with Gasteiger partial charge in [-0.1, -0.05) is 12.1 Å². The van der Waals surface area contributed by atoms with E-state index in [4.69, 9.17) is 4.74 Å². The van der Waals surface area contributed by atoms with Crippen LogP contribution in [0.5, 0.6) is 5.75 Å². The van der Waals surface area contributed by atoms with Crippen molar-refractivity contribution >= 4 is 17.5 Å². The van der Waals surface area contributed by atoms with E-state index >= 15 is 0 Å². The van der Waals surface area contributed by atoms with Crippen molar-refractivity contribution in [2.75, 3.05) is 24.3 Å². The van der Waals surface area contributed by atoms with Crippen LogP contribution in [0.2, 0.25) is 0 Å². The van der Waals surface area contributed by atoms with Crippen LogP contribution in [0.4, 0.5) is 11.6 Å². The van der Waals surface area contributed by atoms with Crippen LogP contribution < -0.4 is 15.0 Å². The third-order valence-electron chi connectivity index (χ3n) is 4.09. The van der Waals surface area contributed by atoms with E-state index in [1.165, 1.54) is 11.1 Å². The number of anilines is 2. The summed E-state index contributed by atoms with van der Waals surface area (Å²) >= 11 is 0. The number of carbonyl (C=O) groups is 1. The van der Waals surface area contributed by atoms with Gasteiger partial charge in [-0.2, -0.15) is 0 Å². The summed E-state index contributed by atoms with van der Waals surface area (Å²) in [5.41, 5.74) is 3.47. The lowest BCUT2D eigenvalue weighted by atomic mass is 10.0. The highest BCUT2D eigenvalue weighted by Gasteiger charge is 2.29. The normalized spacial score (nSPS) is 15.7. The molecule has 0 fully saturated rings. The van der Waals surface area contributed by atoms with Crippen molar-refractivity contribution in [2.45, 2.75) is 26.4 Å². The Kier molecular flexibility index (Phi) is 3.94. The first-order valence-corrected chi connectivity index (χ1v) is 7.66. The van der Waals surface area contributed by atoms with Crippen LogP contribution in [0.1, 0.15) is 16.7 Å². The summed E-state index contributed by atoms with van der Waals surface area (Å²) in [7, 11) is 3.82. The molecule has 0 saturated heterocycles. The summed E-state index contributed by atoms with van der Waals surface area (Å²) in [4.78, 5) is 18.7. The van der Waals surface area contributed by atoms with Gasteiger partial charge in [-0.15, -0.1) is 0 Å². The van der Waals surface area contributed by atoms with E-state index in [9.17, 15) is 4.79 Å². The van der Waals surface area contributed by atoms with Gasteiger partial charge in [-0.05, 0) is 48.7 Å². The fourth-order valence-electron chi connectivity index (χ4n) is 2.61. The minimum Gasteiger partial charge on any atom is -0.480 e. The van der Waals surface area contributed by atoms with E-state index in [0.717, 1.165) is 17.1 Å². The number of carbonyl (C=O) groups excluding carboxylic acids is 1. The van der Waals surface area contributed by atoms with Gasteiger partial charge in [0.05, 0.1) is 0 Å². The van der Waals surface area contributed by atoms with Crippen LogP contribution >= 0.6 is 0 Å². The van der Waals surface area contributed by atoms with Crippen molar-refractivity contribution in [3.63, 3.8) is 0 Å². The number of hydrogen-bond acceptors (Lipinski definition) is 4. The predicted molar refractivity (Wildman–Crippen MR) is 91.2 cm³/mol. The van der Waals surface area contributed by atoms with Crippen LogP contribution in [-0.4, -0.2) is 31.1 Å². The van der Waals surface area contributed by atoms with Gasteiger partial charge in [0.15, 0.2) is 6.10 Å². The summed E-state index contributed by atoms with van der Waals surface area (Å²) in [6.07, 6.45) is 0.0892. The third-order valence-corrected chi connectivity index (χ3v) is 4.09. The second kappa shape index (κ2) is 5.91. The lowest BCUT2D eigenvalue weighted by Gasteiger charge is -2.14. The molecule has 0 saturated carbocycles. The molecule has 1 aliphatic heterocycles. The zero-order valence-electron chi connectivity index (χ0n) is 13.9. The van der Waals surface area contributed by atoms with Gasteiger partial charge in [0, 0.05) is 20.5 Å². The summed E-state index contributed by atoms with van der Waals surface area (Å²) < 4.78 is 5.80. The molecule has 1 unspecified atom stereocenters. The molecule has 1 atom stereocenters. The van der Waals surface area contributed by atoms with Crippen molar-refractivity contribution in [3.8, 4) is 5.75 Å². The quantitative estimate of drug-likeness (QED) is 0.947. The maximum absolute atomic E-state index is 12.4. The molecule has 3 rings (SSSR count). The molecule has 1 N–H and O–H groups in total. The highest BCUT2D eigenvalue weighted by Crippen LogP contribution is 2.31. The van der Waals surface area contributed by atoms with Gasteiger partial charge < -0.3 is 15.0 Å². The van der Waals surface area contributed by atoms with Gasteiger partial charge >= 0.3 is 0 Å². The molecule has 5 nitrogen and oxygen atoms in total. The van der Waals surface area contributed by atoms with E-state index in [1.807, 2.05) is 44.1 Å². The number of nitrogens with one attached hydrogen (secondary N) is 1. The van der Waals surface area contributed by atoms with Gasteiger partial charge in [-0.3, -0.25) is 4.79 Å². The molecule has 1 aromatic heterocycles. The topological polar surface area (TPSA) is 54.5 Å². The smallest absolute Gasteiger partial charge is 0.266 e. The van der Waals surface area contributed by atoms with E-state index in [0.29, 0.717) is 12.2 Å². The number of nitrogens with zero attached hydrogens (tertiary/aromatic N) is 2. The number of fused-ring (bicyclic) bond motifs is 1. The summed E-state index contributed by atoms with van der Waals surface area (Å²) in [6, 6.07) is 9.64. The fourth-order valence-corrected chi connectivity index (χ4v) is 2.61. The van der Waals surface area contributed by atoms with E-state index in [1.54, 1.807) is 6.07 Å². The van der Waals surface area contributed by atoms with Gasteiger partial charge in [0.25, 0.3) is 5.91 Å². The van der Waals surface area contributed by atoms with Gasteiger partial charge in [0.2, 0.25) is 0 Å². The Morgan fingerprint density at radius 3 is 2.74 bits per heavy atom. The molecule has 0 aliphatic carbocycles. The maximum Gasteiger partial charge on any atom is 0.266 e. The second-order valence-electron chi connectivity index (χ2n) is 6.12. The minimum absolute atomic E-state index is 0.167. The lowest BCUT2D eigenvalue weighted by Crippen LogP contribution is -2.31. The first-order valence-electron chi connectivity index (χ1n) is 7.66. The summed E-state index contributed by atoms with van der Waals surface area (Å²) in [5.74, 6) is 1.97. The molecule has 120 valence electrons. The SMILES string of the molecule is Cc1cc2c(cc1C)OC(C(=O)Nc1cccc(N(C)C)n1)C2. The Balaban J connectivity index is 1.72. The summed E-state index contributed by atoms with van der Waals surface area (Å²) in [6.45, 7) is 4.11. The number of benzene rings is 1. The monoisotopic (exact) mass is 311 g/mol. The van der Waals surface area contributed by atoms with Crippen LogP contribution in [-0.2, 0) is 11.2 Å². The average Bonchev–Trinajstić information content (AvgIpc) is 2.91. The standard InChI is InChI=1S/C18H21N3O2/c1-11-8-13-10-15(23-14(13)9-12(11)2)18(22)20-16-6-5-7-17(19-16)21(3)4/h5-9,15H,10H2,1-4H3,(H,19,20,22). The molecule has 23 heavy (non-hydrogen) atoms. The molecule has 1 aromatic carbocycles. The number of hydrogen-bond donors (Lipinski definition) is 1. The Morgan fingerprint density at radius 2 is 2.00 bits per heavy atom. The van der Waals surface area contributed by atoms with Gasteiger partial charge in [0.1, 0.15) is 17.4 Å². The molecule has 5 heteroatoms. The molecule has 2 heterocycles. The number of aromatic nitrogens is 1. The van der Waals surface area contributed by atoms with Crippen molar-refractivity contribution in [3.05, 3.63) is 47.0 Å². The molecular weight excluding hydrogens is 290 g/mol. The number of rotatable bonds is 3. The molecule has 2 aromatic rings. The largest absolute Gasteiger partial charge is 0.480 e. The molecule has 1 amide bonds. The minimum atomic E-state index is -0.504. The number of ether oxygens (including phenoxy) is 1. The number of aryl methyl sites for hydroxylation is 2. The van der Waals surface area contributed by atoms with Gasteiger partial charge in [-0.25, -0.2) is 4.98 Å². The Labute approximate surface area is 136 Å². The molecule has 0 spiro atoms. The van der Waals surface area contributed by atoms with E-state index < -0.39 is 6.10 Å².